The van der Waals surface area contributed by atoms with Crippen LogP contribution in [0, 0.1) is 0 Å². The van der Waals surface area contributed by atoms with E-state index in [1.165, 1.54) is 4.88 Å². The highest BCUT2D eigenvalue weighted by molar-refractivity contribution is 7.99. The van der Waals surface area contributed by atoms with Crippen molar-refractivity contribution in [1.29, 1.82) is 0 Å². The number of carbonyl (C=O) groups is 1. The van der Waals surface area contributed by atoms with Crippen LogP contribution in [0.4, 0.5) is 0 Å². The molecular weight excluding hydrogens is 372 g/mol. The number of rotatable bonds is 7. The van der Waals surface area contributed by atoms with E-state index in [4.69, 9.17) is 11.6 Å². The summed E-state index contributed by atoms with van der Waals surface area (Å²) in [5.41, 5.74) is 1.85. The molecule has 0 aliphatic rings. The van der Waals surface area contributed by atoms with Gasteiger partial charge in [0.2, 0.25) is 5.91 Å². The van der Waals surface area contributed by atoms with Gasteiger partial charge >= 0.3 is 0 Å². The fourth-order valence-corrected chi connectivity index (χ4v) is 4.43. The highest BCUT2D eigenvalue weighted by Crippen LogP contribution is 2.25. The number of aromatic nitrogens is 1. The molecule has 0 spiro atoms. The highest BCUT2D eigenvalue weighted by atomic mass is 35.5. The van der Waals surface area contributed by atoms with E-state index in [-0.39, 0.29) is 11.9 Å². The van der Waals surface area contributed by atoms with E-state index in [0.717, 1.165) is 21.3 Å². The number of benzene rings is 1. The minimum absolute atomic E-state index is 0.00726. The van der Waals surface area contributed by atoms with Gasteiger partial charge in [-0.15, -0.1) is 23.1 Å². The maximum atomic E-state index is 12.4. The first-order valence-electron chi connectivity index (χ1n) is 7.79. The van der Waals surface area contributed by atoms with Crippen molar-refractivity contribution >= 4 is 40.6 Å². The highest BCUT2D eigenvalue weighted by Gasteiger charge is 2.17. The number of thiophene rings is 1. The average Bonchev–Trinajstić information content (AvgIpc) is 3.06. The van der Waals surface area contributed by atoms with Gasteiger partial charge in [0.15, 0.2) is 0 Å². The van der Waals surface area contributed by atoms with E-state index < -0.39 is 0 Å². The second kappa shape index (κ2) is 9.04. The SMILES string of the molecule is O=C(CSCc1ccc(Cl)s1)NC(c1ccccc1)c1ccccn1. The van der Waals surface area contributed by atoms with Gasteiger partial charge in [-0.2, -0.15) is 0 Å². The molecule has 3 nitrogen and oxygen atoms in total. The predicted molar refractivity (Wildman–Crippen MR) is 106 cm³/mol. The van der Waals surface area contributed by atoms with Crippen LogP contribution in [0.2, 0.25) is 4.34 Å². The Bertz CT molecular complexity index is 769. The zero-order valence-corrected chi connectivity index (χ0v) is 15.8. The molecule has 128 valence electrons. The second-order valence-electron chi connectivity index (χ2n) is 5.36. The number of amides is 1. The van der Waals surface area contributed by atoms with Gasteiger partial charge in [-0.05, 0) is 29.8 Å². The maximum Gasteiger partial charge on any atom is 0.230 e. The van der Waals surface area contributed by atoms with Crippen molar-refractivity contribution in [1.82, 2.24) is 10.3 Å². The van der Waals surface area contributed by atoms with Gasteiger partial charge in [0, 0.05) is 16.8 Å². The van der Waals surface area contributed by atoms with Crippen molar-refractivity contribution < 1.29 is 4.79 Å². The normalized spacial score (nSPS) is 11.9. The molecule has 3 rings (SSSR count). The Morgan fingerprint density at radius 3 is 2.60 bits per heavy atom. The van der Waals surface area contributed by atoms with E-state index in [9.17, 15) is 4.79 Å². The van der Waals surface area contributed by atoms with Crippen LogP contribution >= 0.6 is 34.7 Å². The zero-order chi connectivity index (χ0) is 17.5. The summed E-state index contributed by atoms with van der Waals surface area (Å²) in [5, 5.41) is 3.10. The largest absolute Gasteiger partial charge is 0.343 e. The second-order valence-corrected chi connectivity index (χ2v) is 8.15. The van der Waals surface area contributed by atoms with Crippen molar-refractivity contribution in [2.24, 2.45) is 0 Å². The lowest BCUT2D eigenvalue weighted by atomic mass is 10.0. The average molecular weight is 389 g/mol. The number of halogens is 1. The molecule has 25 heavy (non-hydrogen) atoms. The van der Waals surface area contributed by atoms with Crippen LogP contribution in [0.25, 0.3) is 0 Å². The third-order valence-corrected chi connectivity index (χ3v) is 5.92. The maximum absolute atomic E-state index is 12.4. The first kappa shape index (κ1) is 18.0. The van der Waals surface area contributed by atoms with E-state index in [2.05, 4.69) is 10.3 Å². The molecule has 1 atom stereocenters. The standard InChI is InChI=1S/C19H17ClN2OS2/c20-17-10-9-15(25-17)12-24-13-18(23)22-19(14-6-2-1-3-7-14)16-8-4-5-11-21-16/h1-11,19H,12-13H2,(H,22,23). The molecule has 0 aliphatic heterocycles. The van der Waals surface area contributed by atoms with Crippen molar-refractivity contribution in [3.05, 3.63) is 87.3 Å². The molecule has 0 saturated heterocycles. The monoisotopic (exact) mass is 388 g/mol. The summed E-state index contributed by atoms with van der Waals surface area (Å²) in [6.07, 6.45) is 1.74. The molecule has 0 radical (unpaired) electrons. The Morgan fingerprint density at radius 2 is 1.92 bits per heavy atom. The molecule has 1 aromatic carbocycles. The molecule has 6 heteroatoms. The zero-order valence-electron chi connectivity index (χ0n) is 13.4. The smallest absolute Gasteiger partial charge is 0.230 e. The van der Waals surface area contributed by atoms with Crippen LogP contribution in [-0.4, -0.2) is 16.6 Å². The van der Waals surface area contributed by atoms with Crippen LogP contribution in [0.3, 0.4) is 0 Å². The Kier molecular flexibility index (Phi) is 6.50. The minimum Gasteiger partial charge on any atom is -0.343 e. The fraction of sp³-hybridized carbons (Fsp3) is 0.158. The number of nitrogens with zero attached hydrogens (tertiary/aromatic N) is 1. The third-order valence-electron chi connectivity index (χ3n) is 3.53. The van der Waals surface area contributed by atoms with Gasteiger partial charge in [0.25, 0.3) is 0 Å². The molecule has 0 bridgehead atoms. The van der Waals surface area contributed by atoms with Gasteiger partial charge < -0.3 is 5.32 Å². The van der Waals surface area contributed by atoms with E-state index in [1.54, 1.807) is 29.3 Å². The van der Waals surface area contributed by atoms with E-state index in [1.807, 2.05) is 60.7 Å². The summed E-state index contributed by atoms with van der Waals surface area (Å²) in [5.74, 6) is 1.17. The molecule has 0 fully saturated rings. The molecule has 0 saturated carbocycles. The first-order valence-corrected chi connectivity index (χ1v) is 10.1. The van der Waals surface area contributed by atoms with Crippen molar-refractivity contribution in [2.45, 2.75) is 11.8 Å². The van der Waals surface area contributed by atoms with Crippen LogP contribution in [-0.2, 0) is 10.5 Å². The van der Waals surface area contributed by atoms with Crippen LogP contribution in [0.15, 0.2) is 66.9 Å². The minimum atomic E-state index is -0.244. The van der Waals surface area contributed by atoms with E-state index in [0.29, 0.717) is 5.75 Å². The van der Waals surface area contributed by atoms with Gasteiger partial charge in [0.05, 0.1) is 21.8 Å². The summed E-state index contributed by atoms with van der Waals surface area (Å²) >= 11 is 9.06. The Labute approximate surface area is 160 Å². The lowest BCUT2D eigenvalue weighted by molar-refractivity contribution is -0.119. The quantitative estimate of drug-likeness (QED) is 0.623. The summed E-state index contributed by atoms with van der Waals surface area (Å²) < 4.78 is 0.777. The fourth-order valence-electron chi connectivity index (χ4n) is 2.40. The predicted octanol–water partition coefficient (Wildman–Crippen LogP) is 4.94. The van der Waals surface area contributed by atoms with Crippen molar-refractivity contribution in [2.75, 3.05) is 5.75 Å². The number of thioether (sulfide) groups is 1. The van der Waals surface area contributed by atoms with Gasteiger partial charge in [-0.1, -0.05) is 48.0 Å². The summed E-state index contributed by atoms with van der Waals surface area (Å²) in [7, 11) is 0. The molecule has 2 aromatic heterocycles. The van der Waals surface area contributed by atoms with Gasteiger partial charge in [0.1, 0.15) is 0 Å². The van der Waals surface area contributed by atoms with Crippen molar-refractivity contribution in [3.8, 4) is 0 Å². The van der Waals surface area contributed by atoms with Crippen molar-refractivity contribution in [3.63, 3.8) is 0 Å². The molecule has 3 aromatic rings. The molecule has 2 heterocycles. The lowest BCUT2D eigenvalue weighted by Crippen LogP contribution is -2.31. The number of pyridine rings is 1. The molecule has 1 unspecified atom stereocenters. The summed E-state index contributed by atoms with van der Waals surface area (Å²) in [6, 6.07) is 19.3. The third kappa shape index (κ3) is 5.33. The molecule has 0 aliphatic carbocycles. The Morgan fingerprint density at radius 1 is 1.12 bits per heavy atom. The number of hydrogen-bond donors (Lipinski definition) is 1. The molecule has 1 N–H and O–H groups in total. The summed E-state index contributed by atoms with van der Waals surface area (Å²) in [4.78, 5) is 18.0. The van der Waals surface area contributed by atoms with Crippen LogP contribution in [0.5, 0.6) is 0 Å². The van der Waals surface area contributed by atoms with Gasteiger partial charge in [-0.25, -0.2) is 0 Å². The van der Waals surface area contributed by atoms with Crippen LogP contribution < -0.4 is 5.32 Å². The topological polar surface area (TPSA) is 42.0 Å². The molecular formula is C19H17ClN2OS2. The lowest BCUT2D eigenvalue weighted by Gasteiger charge is -2.18. The molecule has 1 amide bonds. The Hall–Kier alpha value is -1.82. The number of hydrogen-bond acceptors (Lipinski definition) is 4. The van der Waals surface area contributed by atoms with Gasteiger partial charge in [-0.3, -0.25) is 9.78 Å². The van der Waals surface area contributed by atoms with E-state index >= 15 is 0 Å². The number of nitrogens with one attached hydrogen (secondary N) is 1. The number of carbonyl (C=O) groups excluding carboxylic acids is 1. The summed E-state index contributed by atoms with van der Waals surface area (Å²) in [6.45, 7) is 0. The Balaban J connectivity index is 1.62. The van der Waals surface area contributed by atoms with Crippen LogP contribution in [0.1, 0.15) is 22.2 Å². The first-order chi connectivity index (χ1) is 12.2.